The topological polar surface area (TPSA) is 343 Å². The van der Waals surface area contributed by atoms with Gasteiger partial charge in [-0.3, -0.25) is 18.2 Å². The van der Waals surface area contributed by atoms with Crippen LogP contribution in [-0.4, -0.2) is 81.8 Å². The Hall–Kier alpha value is -4.90. The second-order valence-corrected chi connectivity index (χ2v) is 17.4. The van der Waals surface area contributed by atoms with Crippen molar-refractivity contribution in [3.05, 3.63) is 69.7 Å². The van der Waals surface area contributed by atoms with Crippen LogP contribution in [0.2, 0.25) is 10.6 Å². The molecule has 5 aromatic rings. The van der Waals surface area contributed by atoms with Crippen molar-refractivity contribution in [2.75, 3.05) is 21.3 Å². The summed E-state index contributed by atoms with van der Waals surface area (Å²) in [6.07, 6.45) is 0. The van der Waals surface area contributed by atoms with Crippen LogP contribution >= 0.6 is 23.2 Å². The van der Waals surface area contributed by atoms with E-state index in [2.05, 4.69) is 51.2 Å². The van der Waals surface area contributed by atoms with Gasteiger partial charge < -0.3 is 21.3 Å². The molecule has 0 spiro atoms. The van der Waals surface area contributed by atoms with Gasteiger partial charge in [-0.05, 0) is 103 Å². The maximum absolute atomic E-state index is 12.5. The maximum Gasteiger partial charge on any atom is 0.296 e. The zero-order valence-electron chi connectivity index (χ0n) is 27.7. The average molecular weight is 880 g/mol. The monoisotopic (exact) mass is 878 g/mol. The molecule has 0 saturated heterocycles. The van der Waals surface area contributed by atoms with Gasteiger partial charge in [0.25, 0.3) is 40.5 Å². The van der Waals surface area contributed by atoms with Gasteiger partial charge in [-0.1, -0.05) is 0 Å². The Morgan fingerprint density at radius 1 is 0.436 bits per heavy atom. The van der Waals surface area contributed by atoms with Gasteiger partial charge in [0.1, 0.15) is 14.7 Å². The zero-order chi connectivity index (χ0) is 40.8. The summed E-state index contributed by atoms with van der Waals surface area (Å²) in [4.78, 5) is 20.4. The van der Waals surface area contributed by atoms with Crippen molar-refractivity contribution >= 4 is 110 Å². The molecule has 0 amide bonds. The summed E-state index contributed by atoms with van der Waals surface area (Å²) in [6.45, 7) is 4.54. The number of nitrogens with zero attached hydrogens (tertiary/aromatic N) is 6. The summed E-state index contributed by atoms with van der Waals surface area (Å²) in [7, 11) is -19.7. The highest BCUT2D eigenvalue weighted by molar-refractivity contribution is 7.87. The molecule has 55 heavy (non-hydrogen) atoms. The fraction of sp³-hybridized carbons (Fsp3) is 0.111. The first-order valence-electron chi connectivity index (χ1n) is 14.5. The van der Waals surface area contributed by atoms with Crippen LogP contribution in [0.15, 0.2) is 62.0 Å². The lowest BCUT2D eigenvalue weighted by Gasteiger charge is -2.15. The number of aromatic nitrogens is 6. The Kier molecular flexibility index (Phi) is 11.2. The van der Waals surface area contributed by atoms with Crippen molar-refractivity contribution in [1.29, 1.82) is 0 Å². The first-order valence-corrected chi connectivity index (χ1v) is 21.0. The van der Waals surface area contributed by atoms with Gasteiger partial charge in [-0.25, -0.2) is 0 Å². The molecule has 2 aromatic heterocycles. The molecule has 0 aliphatic carbocycles. The largest absolute Gasteiger partial charge is 0.324 e. The first-order chi connectivity index (χ1) is 25.3. The molecule has 22 nitrogen and oxygen atoms in total. The summed E-state index contributed by atoms with van der Waals surface area (Å²) < 4.78 is 136. The van der Waals surface area contributed by atoms with Crippen LogP contribution < -0.4 is 21.3 Å². The fourth-order valence-corrected chi connectivity index (χ4v) is 7.86. The van der Waals surface area contributed by atoms with E-state index in [1.54, 1.807) is 13.8 Å². The van der Waals surface area contributed by atoms with Crippen molar-refractivity contribution in [2.45, 2.75) is 40.4 Å². The summed E-state index contributed by atoms with van der Waals surface area (Å²) in [5.41, 5.74) is 0.129. The number of rotatable bonds is 12. The van der Waals surface area contributed by atoms with Gasteiger partial charge in [0.15, 0.2) is 0 Å². The second-order valence-electron chi connectivity index (χ2n) is 11.2. The Morgan fingerprint density at radius 2 is 0.800 bits per heavy atom. The number of anilines is 8. The molecule has 0 aliphatic rings. The Bertz CT molecular complexity index is 2850. The Labute approximate surface area is 321 Å². The minimum absolute atomic E-state index is 0.0475. The van der Waals surface area contributed by atoms with E-state index in [0.29, 0.717) is 17.2 Å². The third kappa shape index (κ3) is 10.1. The van der Waals surface area contributed by atoms with Crippen molar-refractivity contribution in [2.24, 2.45) is 0 Å². The van der Waals surface area contributed by atoms with Crippen LogP contribution in [-0.2, 0) is 40.5 Å². The van der Waals surface area contributed by atoms with E-state index < -0.39 is 88.2 Å². The predicted molar refractivity (Wildman–Crippen MR) is 196 cm³/mol. The summed E-state index contributed by atoms with van der Waals surface area (Å²) >= 11 is 12.1. The average Bonchev–Trinajstić information content (AvgIpc) is 3.00. The molecule has 0 radical (unpaired) electrons. The van der Waals surface area contributed by atoms with Crippen molar-refractivity contribution in [3.63, 3.8) is 0 Å². The first kappa shape index (κ1) is 41.3. The van der Waals surface area contributed by atoms with Crippen LogP contribution in [0, 0.1) is 20.8 Å². The predicted octanol–water partition coefficient (Wildman–Crippen LogP) is 4.25. The number of nitrogens with one attached hydrogen (secondary N) is 4. The maximum atomic E-state index is 12.5. The molecule has 0 unspecified atom stereocenters. The third-order valence-corrected chi connectivity index (χ3v) is 11.2. The normalized spacial score (nSPS) is 12.3. The van der Waals surface area contributed by atoms with E-state index in [-0.39, 0.29) is 34.5 Å². The van der Waals surface area contributed by atoms with E-state index in [1.807, 2.05) is 0 Å². The van der Waals surface area contributed by atoms with Crippen LogP contribution in [0.1, 0.15) is 16.7 Å². The van der Waals surface area contributed by atoms with E-state index in [1.165, 1.54) is 25.1 Å². The minimum atomic E-state index is -5.11. The molecular formula is C27H24Cl2N10O12S4. The van der Waals surface area contributed by atoms with Gasteiger partial charge in [0.2, 0.25) is 34.4 Å². The number of hydrogen-bond donors (Lipinski definition) is 8. The molecule has 0 aliphatic heterocycles. The van der Waals surface area contributed by atoms with E-state index in [0.717, 1.165) is 18.2 Å². The number of halogens is 2. The quantitative estimate of drug-likeness (QED) is 0.0812. The Morgan fingerprint density at radius 3 is 1.25 bits per heavy atom. The molecule has 292 valence electrons. The zero-order valence-corrected chi connectivity index (χ0v) is 32.4. The van der Waals surface area contributed by atoms with E-state index >= 15 is 0 Å². The second kappa shape index (κ2) is 15.0. The van der Waals surface area contributed by atoms with Gasteiger partial charge >= 0.3 is 0 Å². The van der Waals surface area contributed by atoms with Gasteiger partial charge in [0.05, 0.1) is 22.0 Å². The molecular weight excluding hydrogens is 856 g/mol. The molecule has 0 bridgehead atoms. The lowest BCUT2D eigenvalue weighted by molar-refractivity contribution is 0.478. The highest BCUT2D eigenvalue weighted by Crippen LogP contribution is 2.33. The van der Waals surface area contributed by atoms with Crippen LogP contribution in [0.4, 0.5) is 46.5 Å². The fourth-order valence-electron chi connectivity index (χ4n) is 4.69. The third-order valence-electron chi connectivity index (χ3n) is 7.18. The highest BCUT2D eigenvalue weighted by atomic mass is 35.5. The number of hydrogen-bond acceptors (Lipinski definition) is 18. The SMILES string of the molecule is Cc1cc(Nc2nc(Cl)nc(Nc3ccc(Nc4nc(Cl)nc(Nc5cc(C)c(S(=O)(=O)O)cc5S(=O)(=O)O)n4)c(S(=O)(=O)O)c3)n2)c(S(=O)(=O)O)cc1C. The van der Waals surface area contributed by atoms with Crippen LogP contribution in [0.25, 0.3) is 0 Å². The Balaban J connectivity index is 1.46. The number of aryl methyl sites for hydroxylation is 3. The molecule has 8 N–H and O–H groups in total. The van der Waals surface area contributed by atoms with Gasteiger partial charge in [-0.2, -0.15) is 63.6 Å². The molecule has 0 saturated carbocycles. The molecule has 3 aromatic carbocycles. The van der Waals surface area contributed by atoms with Crippen molar-refractivity contribution in [1.82, 2.24) is 29.9 Å². The molecule has 0 atom stereocenters. The molecule has 5 rings (SSSR count). The summed E-state index contributed by atoms with van der Waals surface area (Å²) in [5, 5.41) is 9.34. The standard InChI is InChI=1S/C27H24Cl2N10O12S4/c1-11-6-16(19(8-12(11)2)53(43,44)45)32-26-36-22(28)34-24(38-26)30-14-4-5-15(20(9-14)54(46,47)48)31-25-35-23(29)37-27(39-25)33-17-7-13(3)18(52(40,41)42)10-21(17)55(49,50)51/h4-10H,1-3H3,(H,40,41,42)(H,43,44,45)(H,46,47,48)(H,49,50,51)(H2,30,32,34,36,38)(H2,31,33,35,37,39). The van der Waals surface area contributed by atoms with Crippen molar-refractivity contribution in [3.8, 4) is 0 Å². The highest BCUT2D eigenvalue weighted by Gasteiger charge is 2.25. The summed E-state index contributed by atoms with van der Waals surface area (Å²) in [6, 6.07) is 7.44. The van der Waals surface area contributed by atoms with Crippen LogP contribution in [0.5, 0.6) is 0 Å². The van der Waals surface area contributed by atoms with Gasteiger partial charge in [-0.15, -0.1) is 0 Å². The minimum Gasteiger partial charge on any atom is -0.324 e. The van der Waals surface area contributed by atoms with Crippen LogP contribution in [0.3, 0.4) is 0 Å². The lowest BCUT2D eigenvalue weighted by atomic mass is 10.1. The van der Waals surface area contributed by atoms with Gasteiger partial charge in [0, 0.05) is 5.69 Å². The molecule has 28 heteroatoms. The number of benzene rings is 3. The van der Waals surface area contributed by atoms with E-state index in [9.17, 15) is 51.9 Å². The smallest absolute Gasteiger partial charge is 0.296 e. The summed E-state index contributed by atoms with van der Waals surface area (Å²) in [5.74, 6) is -1.54. The van der Waals surface area contributed by atoms with Crippen molar-refractivity contribution < 1.29 is 51.9 Å². The lowest BCUT2D eigenvalue weighted by Crippen LogP contribution is -2.11. The van der Waals surface area contributed by atoms with E-state index in [4.69, 9.17) is 23.2 Å². The molecule has 2 heterocycles. The molecule has 0 fully saturated rings.